The maximum absolute atomic E-state index is 6.19. The van der Waals surface area contributed by atoms with E-state index in [4.69, 9.17) is 10.7 Å². The lowest BCUT2D eigenvalue weighted by Gasteiger charge is -2.11. The molecule has 0 amide bonds. The summed E-state index contributed by atoms with van der Waals surface area (Å²) < 4.78 is 0. The molecule has 0 saturated heterocycles. The molecule has 20 heavy (non-hydrogen) atoms. The summed E-state index contributed by atoms with van der Waals surface area (Å²) in [6.07, 6.45) is 0. The Morgan fingerprint density at radius 1 is 1.05 bits per heavy atom. The Morgan fingerprint density at radius 2 is 1.80 bits per heavy atom. The van der Waals surface area contributed by atoms with Gasteiger partial charge in [-0.3, -0.25) is 0 Å². The SMILES string of the molecule is CC(C)C(N)c1nc(-c2cccc3ccccc23)cs1. The normalized spacial score (nSPS) is 13.0. The van der Waals surface area contributed by atoms with E-state index in [-0.39, 0.29) is 6.04 Å². The van der Waals surface area contributed by atoms with Gasteiger partial charge in [0.05, 0.1) is 11.7 Å². The van der Waals surface area contributed by atoms with Gasteiger partial charge in [-0.2, -0.15) is 0 Å². The second kappa shape index (κ2) is 5.35. The van der Waals surface area contributed by atoms with Crippen molar-refractivity contribution in [1.29, 1.82) is 0 Å². The van der Waals surface area contributed by atoms with Gasteiger partial charge >= 0.3 is 0 Å². The molecule has 0 aliphatic carbocycles. The maximum Gasteiger partial charge on any atom is 0.110 e. The molecule has 0 radical (unpaired) electrons. The molecule has 0 spiro atoms. The summed E-state index contributed by atoms with van der Waals surface area (Å²) in [5.74, 6) is 0.404. The van der Waals surface area contributed by atoms with Gasteiger partial charge in [-0.1, -0.05) is 56.3 Å². The molecule has 0 aliphatic rings. The van der Waals surface area contributed by atoms with E-state index in [1.165, 1.54) is 16.3 Å². The number of nitrogens with zero attached hydrogens (tertiary/aromatic N) is 1. The van der Waals surface area contributed by atoms with Crippen LogP contribution in [0.15, 0.2) is 47.8 Å². The fraction of sp³-hybridized carbons (Fsp3) is 0.235. The van der Waals surface area contributed by atoms with Crippen LogP contribution in [-0.4, -0.2) is 4.98 Å². The van der Waals surface area contributed by atoms with E-state index < -0.39 is 0 Å². The Kier molecular flexibility index (Phi) is 3.55. The quantitative estimate of drug-likeness (QED) is 0.761. The summed E-state index contributed by atoms with van der Waals surface area (Å²) in [6, 6.07) is 14.8. The molecule has 1 aromatic heterocycles. The van der Waals surface area contributed by atoms with E-state index in [0.717, 1.165) is 10.7 Å². The van der Waals surface area contributed by atoms with E-state index in [1.807, 2.05) is 0 Å². The minimum Gasteiger partial charge on any atom is -0.322 e. The van der Waals surface area contributed by atoms with Crippen LogP contribution in [0.2, 0.25) is 0 Å². The minimum atomic E-state index is 0.0173. The van der Waals surface area contributed by atoms with Crippen LogP contribution in [0.4, 0.5) is 0 Å². The first-order chi connectivity index (χ1) is 9.66. The fourth-order valence-electron chi connectivity index (χ4n) is 2.30. The van der Waals surface area contributed by atoms with E-state index in [2.05, 4.69) is 61.7 Å². The third-order valence-electron chi connectivity index (χ3n) is 3.59. The standard InChI is InChI=1S/C17H18N2S/c1-11(2)16(18)17-19-15(10-20-17)14-9-5-7-12-6-3-4-8-13(12)14/h3-11,16H,18H2,1-2H3. The highest BCUT2D eigenvalue weighted by atomic mass is 32.1. The lowest BCUT2D eigenvalue weighted by Crippen LogP contribution is -2.16. The zero-order valence-corrected chi connectivity index (χ0v) is 12.5. The van der Waals surface area contributed by atoms with Crippen molar-refractivity contribution in [2.45, 2.75) is 19.9 Å². The molecule has 2 aromatic carbocycles. The first kappa shape index (κ1) is 13.3. The second-order valence-corrected chi connectivity index (χ2v) is 6.26. The van der Waals surface area contributed by atoms with Crippen LogP contribution in [0.25, 0.3) is 22.0 Å². The molecule has 102 valence electrons. The molecular weight excluding hydrogens is 264 g/mol. The number of rotatable bonds is 3. The highest BCUT2D eigenvalue weighted by Gasteiger charge is 2.15. The van der Waals surface area contributed by atoms with Gasteiger partial charge in [-0.15, -0.1) is 11.3 Å². The van der Waals surface area contributed by atoms with Gasteiger partial charge in [0.15, 0.2) is 0 Å². The number of aromatic nitrogens is 1. The zero-order valence-electron chi connectivity index (χ0n) is 11.7. The minimum absolute atomic E-state index is 0.0173. The van der Waals surface area contributed by atoms with Crippen molar-refractivity contribution in [3.05, 3.63) is 52.9 Å². The summed E-state index contributed by atoms with van der Waals surface area (Å²) in [5, 5.41) is 5.61. The number of fused-ring (bicyclic) bond motifs is 1. The van der Waals surface area contributed by atoms with Gasteiger partial charge in [-0.05, 0) is 16.7 Å². The smallest absolute Gasteiger partial charge is 0.110 e. The van der Waals surface area contributed by atoms with Crippen LogP contribution >= 0.6 is 11.3 Å². The Labute approximate surface area is 123 Å². The largest absolute Gasteiger partial charge is 0.322 e. The number of hydrogen-bond acceptors (Lipinski definition) is 3. The van der Waals surface area contributed by atoms with Crippen LogP contribution in [-0.2, 0) is 0 Å². The van der Waals surface area contributed by atoms with Gasteiger partial charge in [0.25, 0.3) is 0 Å². The number of benzene rings is 2. The monoisotopic (exact) mass is 282 g/mol. The van der Waals surface area contributed by atoms with Crippen molar-refractivity contribution >= 4 is 22.1 Å². The first-order valence-corrected chi connectivity index (χ1v) is 7.74. The molecule has 0 aliphatic heterocycles. The molecule has 1 atom stereocenters. The van der Waals surface area contributed by atoms with Crippen molar-refractivity contribution in [2.75, 3.05) is 0 Å². The maximum atomic E-state index is 6.19. The highest BCUT2D eigenvalue weighted by molar-refractivity contribution is 7.10. The van der Waals surface area contributed by atoms with Crippen molar-refractivity contribution in [2.24, 2.45) is 11.7 Å². The third kappa shape index (κ3) is 2.35. The van der Waals surface area contributed by atoms with Crippen LogP contribution in [0.1, 0.15) is 24.9 Å². The van der Waals surface area contributed by atoms with Gasteiger partial charge in [0.2, 0.25) is 0 Å². The molecule has 1 heterocycles. The Bertz CT molecular complexity index is 725. The first-order valence-electron chi connectivity index (χ1n) is 6.86. The molecule has 2 N–H and O–H groups in total. The summed E-state index contributed by atoms with van der Waals surface area (Å²) in [6.45, 7) is 4.26. The molecule has 2 nitrogen and oxygen atoms in total. The fourth-order valence-corrected chi connectivity index (χ4v) is 3.29. The molecule has 3 aromatic rings. The Hall–Kier alpha value is -1.71. The van der Waals surface area contributed by atoms with Crippen LogP contribution in [0, 0.1) is 5.92 Å². The van der Waals surface area contributed by atoms with Gasteiger partial charge in [0.1, 0.15) is 5.01 Å². The lowest BCUT2D eigenvalue weighted by atomic mass is 10.0. The van der Waals surface area contributed by atoms with E-state index in [0.29, 0.717) is 5.92 Å². The molecule has 0 fully saturated rings. The Morgan fingerprint density at radius 3 is 2.60 bits per heavy atom. The lowest BCUT2D eigenvalue weighted by molar-refractivity contribution is 0.512. The van der Waals surface area contributed by atoms with Crippen LogP contribution in [0.3, 0.4) is 0 Å². The summed E-state index contributed by atoms with van der Waals surface area (Å²) >= 11 is 1.65. The summed E-state index contributed by atoms with van der Waals surface area (Å²) in [7, 11) is 0. The average Bonchev–Trinajstić information content (AvgIpc) is 2.95. The van der Waals surface area contributed by atoms with Gasteiger partial charge in [0, 0.05) is 10.9 Å². The molecular formula is C17H18N2S. The highest BCUT2D eigenvalue weighted by Crippen LogP contribution is 2.31. The summed E-state index contributed by atoms with van der Waals surface area (Å²) in [5.41, 5.74) is 8.40. The van der Waals surface area contributed by atoms with Crippen LogP contribution in [0.5, 0.6) is 0 Å². The van der Waals surface area contributed by atoms with Crippen molar-refractivity contribution in [3.63, 3.8) is 0 Å². The zero-order chi connectivity index (χ0) is 14.1. The number of hydrogen-bond donors (Lipinski definition) is 1. The molecule has 3 rings (SSSR count). The number of thiazole rings is 1. The molecule has 0 saturated carbocycles. The van der Waals surface area contributed by atoms with E-state index in [9.17, 15) is 0 Å². The third-order valence-corrected chi connectivity index (χ3v) is 4.54. The molecule has 0 bridgehead atoms. The average molecular weight is 282 g/mol. The molecule has 3 heteroatoms. The Balaban J connectivity index is 2.08. The van der Waals surface area contributed by atoms with Crippen molar-refractivity contribution in [1.82, 2.24) is 4.98 Å². The van der Waals surface area contributed by atoms with Gasteiger partial charge < -0.3 is 5.73 Å². The van der Waals surface area contributed by atoms with E-state index >= 15 is 0 Å². The molecule has 1 unspecified atom stereocenters. The van der Waals surface area contributed by atoms with Crippen molar-refractivity contribution in [3.8, 4) is 11.3 Å². The topological polar surface area (TPSA) is 38.9 Å². The van der Waals surface area contributed by atoms with E-state index in [1.54, 1.807) is 11.3 Å². The van der Waals surface area contributed by atoms with Crippen LogP contribution < -0.4 is 5.73 Å². The number of nitrogens with two attached hydrogens (primary N) is 1. The predicted molar refractivity (Wildman–Crippen MR) is 86.8 cm³/mol. The second-order valence-electron chi connectivity index (χ2n) is 5.37. The van der Waals surface area contributed by atoms with Gasteiger partial charge in [-0.25, -0.2) is 4.98 Å². The predicted octanol–water partition coefficient (Wildman–Crippen LogP) is 4.62. The summed E-state index contributed by atoms with van der Waals surface area (Å²) in [4.78, 5) is 4.75. The van der Waals surface area contributed by atoms with Crippen molar-refractivity contribution < 1.29 is 0 Å².